The minimum Gasteiger partial charge on any atom is -0.312 e. The molecule has 0 aliphatic carbocycles. The van der Waals surface area contributed by atoms with Crippen molar-refractivity contribution in [3.63, 3.8) is 0 Å². The van der Waals surface area contributed by atoms with E-state index < -0.39 is 0 Å². The Bertz CT molecular complexity index is 574. The van der Waals surface area contributed by atoms with Crippen molar-refractivity contribution < 1.29 is 4.79 Å². The van der Waals surface area contributed by atoms with Crippen molar-refractivity contribution in [2.75, 3.05) is 11.4 Å². The summed E-state index contributed by atoms with van der Waals surface area (Å²) in [5, 5.41) is 2.42. The van der Waals surface area contributed by atoms with Gasteiger partial charge in [0.05, 0.1) is 6.42 Å². The Kier molecular flexibility index (Phi) is 1.96. The fourth-order valence-electron chi connectivity index (χ4n) is 2.41. The molecule has 3 rings (SSSR count). The highest BCUT2D eigenvalue weighted by atomic mass is 16.2. The summed E-state index contributed by atoms with van der Waals surface area (Å²) in [6.45, 7) is 2.77. The summed E-state index contributed by atoms with van der Waals surface area (Å²) in [7, 11) is 0. The normalized spacial score (nSPS) is 14.6. The van der Waals surface area contributed by atoms with Gasteiger partial charge < -0.3 is 4.90 Å². The van der Waals surface area contributed by atoms with Crippen LogP contribution in [0.3, 0.4) is 0 Å². The van der Waals surface area contributed by atoms with Gasteiger partial charge in [0.25, 0.3) is 0 Å². The van der Waals surface area contributed by atoms with E-state index in [0.29, 0.717) is 6.42 Å². The van der Waals surface area contributed by atoms with Crippen molar-refractivity contribution in [2.45, 2.75) is 13.3 Å². The van der Waals surface area contributed by atoms with Gasteiger partial charge in [-0.2, -0.15) is 0 Å². The van der Waals surface area contributed by atoms with Crippen molar-refractivity contribution in [3.8, 4) is 0 Å². The van der Waals surface area contributed by atoms with E-state index in [9.17, 15) is 4.79 Å². The van der Waals surface area contributed by atoms with Gasteiger partial charge in [-0.15, -0.1) is 0 Å². The highest BCUT2D eigenvalue weighted by Gasteiger charge is 2.25. The van der Waals surface area contributed by atoms with Crippen molar-refractivity contribution in [1.29, 1.82) is 0 Å². The molecule has 0 aromatic heterocycles. The monoisotopic (exact) mass is 211 g/mol. The van der Waals surface area contributed by atoms with Gasteiger partial charge in [-0.05, 0) is 35.4 Å². The number of rotatable bonds is 1. The van der Waals surface area contributed by atoms with Crippen molar-refractivity contribution >= 4 is 22.4 Å². The number of amides is 1. The Morgan fingerprint density at radius 1 is 1.19 bits per heavy atom. The van der Waals surface area contributed by atoms with Crippen LogP contribution in [0.4, 0.5) is 5.69 Å². The molecular weight excluding hydrogens is 198 g/mol. The second kappa shape index (κ2) is 3.34. The Balaban J connectivity index is 2.26. The van der Waals surface area contributed by atoms with E-state index >= 15 is 0 Å². The molecular formula is C14H13NO. The lowest BCUT2D eigenvalue weighted by atomic mass is 10.1. The number of likely N-dealkylation sites (N-methyl/N-ethyl adjacent to an activating group) is 1. The third-order valence-electron chi connectivity index (χ3n) is 3.20. The van der Waals surface area contributed by atoms with E-state index in [-0.39, 0.29) is 5.91 Å². The SMILES string of the molecule is CCN1C(=O)Cc2cc3ccccc3cc21. The fraction of sp³-hybridized carbons (Fsp3) is 0.214. The fourth-order valence-corrected chi connectivity index (χ4v) is 2.41. The largest absolute Gasteiger partial charge is 0.312 e. The maximum atomic E-state index is 11.8. The highest BCUT2D eigenvalue weighted by molar-refractivity contribution is 6.04. The molecule has 1 amide bonds. The van der Waals surface area contributed by atoms with Crippen LogP contribution < -0.4 is 4.90 Å². The number of carbonyl (C=O) groups excluding carboxylic acids is 1. The molecule has 0 radical (unpaired) electrons. The summed E-state index contributed by atoms with van der Waals surface area (Å²) in [5.41, 5.74) is 2.25. The molecule has 0 atom stereocenters. The second-order valence-electron chi connectivity index (χ2n) is 4.14. The van der Waals surface area contributed by atoms with Gasteiger partial charge >= 0.3 is 0 Å². The van der Waals surface area contributed by atoms with Crippen LogP contribution in [-0.2, 0) is 11.2 Å². The molecule has 0 unspecified atom stereocenters. The van der Waals surface area contributed by atoms with Crippen LogP contribution in [0.1, 0.15) is 12.5 Å². The lowest BCUT2D eigenvalue weighted by molar-refractivity contribution is -0.117. The van der Waals surface area contributed by atoms with Gasteiger partial charge in [-0.1, -0.05) is 24.3 Å². The predicted molar refractivity (Wildman–Crippen MR) is 65.7 cm³/mol. The lowest BCUT2D eigenvalue weighted by Crippen LogP contribution is -2.25. The number of hydrogen-bond acceptors (Lipinski definition) is 1. The van der Waals surface area contributed by atoms with Gasteiger partial charge in [-0.25, -0.2) is 0 Å². The van der Waals surface area contributed by atoms with E-state index in [4.69, 9.17) is 0 Å². The third-order valence-corrected chi connectivity index (χ3v) is 3.20. The minimum absolute atomic E-state index is 0.216. The highest BCUT2D eigenvalue weighted by Crippen LogP contribution is 2.32. The van der Waals surface area contributed by atoms with Crippen LogP contribution in [0, 0.1) is 0 Å². The van der Waals surface area contributed by atoms with Gasteiger partial charge in [0, 0.05) is 12.2 Å². The van der Waals surface area contributed by atoms with E-state index in [1.54, 1.807) is 0 Å². The van der Waals surface area contributed by atoms with E-state index in [1.165, 1.54) is 10.8 Å². The first-order valence-corrected chi connectivity index (χ1v) is 5.61. The maximum absolute atomic E-state index is 11.8. The molecule has 2 nitrogen and oxygen atoms in total. The molecule has 0 saturated carbocycles. The Labute approximate surface area is 94.5 Å². The molecule has 16 heavy (non-hydrogen) atoms. The molecule has 0 spiro atoms. The predicted octanol–water partition coefficient (Wildman–Crippen LogP) is 2.75. The van der Waals surface area contributed by atoms with E-state index in [0.717, 1.165) is 17.8 Å². The zero-order chi connectivity index (χ0) is 11.1. The first-order valence-electron chi connectivity index (χ1n) is 5.61. The van der Waals surface area contributed by atoms with Crippen LogP contribution in [0.15, 0.2) is 36.4 Å². The molecule has 0 bridgehead atoms. The van der Waals surface area contributed by atoms with Crippen LogP contribution >= 0.6 is 0 Å². The Hall–Kier alpha value is -1.83. The summed E-state index contributed by atoms with van der Waals surface area (Å²) >= 11 is 0. The van der Waals surface area contributed by atoms with E-state index in [2.05, 4.69) is 24.3 Å². The summed E-state index contributed by atoms with van der Waals surface area (Å²) in [4.78, 5) is 13.6. The molecule has 80 valence electrons. The van der Waals surface area contributed by atoms with E-state index in [1.807, 2.05) is 24.0 Å². The first-order chi connectivity index (χ1) is 7.79. The van der Waals surface area contributed by atoms with Crippen LogP contribution in [0.25, 0.3) is 10.8 Å². The first kappa shape index (κ1) is 9.40. The lowest BCUT2D eigenvalue weighted by Gasteiger charge is -2.14. The molecule has 2 aromatic rings. The van der Waals surface area contributed by atoms with Crippen molar-refractivity contribution in [1.82, 2.24) is 0 Å². The van der Waals surface area contributed by atoms with Crippen LogP contribution in [0.2, 0.25) is 0 Å². The molecule has 1 aliphatic heterocycles. The number of benzene rings is 2. The average molecular weight is 211 g/mol. The number of carbonyl (C=O) groups is 1. The Morgan fingerprint density at radius 3 is 2.56 bits per heavy atom. The summed E-state index contributed by atoms with van der Waals surface area (Å²) < 4.78 is 0. The number of hydrogen-bond donors (Lipinski definition) is 0. The average Bonchev–Trinajstić information content (AvgIpc) is 2.60. The zero-order valence-electron chi connectivity index (χ0n) is 9.23. The van der Waals surface area contributed by atoms with Crippen LogP contribution in [-0.4, -0.2) is 12.5 Å². The Morgan fingerprint density at radius 2 is 1.88 bits per heavy atom. The molecule has 1 aliphatic rings. The van der Waals surface area contributed by atoms with Crippen molar-refractivity contribution in [3.05, 3.63) is 42.0 Å². The quantitative estimate of drug-likeness (QED) is 0.710. The minimum atomic E-state index is 0.216. The molecule has 0 saturated heterocycles. The summed E-state index contributed by atoms with van der Waals surface area (Å²) in [6.07, 6.45) is 0.550. The van der Waals surface area contributed by atoms with Gasteiger partial charge in [0.2, 0.25) is 5.91 Å². The number of fused-ring (bicyclic) bond motifs is 2. The molecule has 1 heterocycles. The molecule has 2 heteroatoms. The third kappa shape index (κ3) is 1.23. The smallest absolute Gasteiger partial charge is 0.231 e. The van der Waals surface area contributed by atoms with Gasteiger partial charge in [0.15, 0.2) is 0 Å². The number of anilines is 1. The summed E-state index contributed by atoms with van der Waals surface area (Å²) in [6, 6.07) is 12.5. The molecule has 2 aromatic carbocycles. The number of nitrogens with zero attached hydrogens (tertiary/aromatic N) is 1. The topological polar surface area (TPSA) is 20.3 Å². The van der Waals surface area contributed by atoms with Gasteiger partial charge in [0.1, 0.15) is 0 Å². The summed E-state index contributed by atoms with van der Waals surface area (Å²) in [5.74, 6) is 0.216. The van der Waals surface area contributed by atoms with Gasteiger partial charge in [-0.3, -0.25) is 4.79 Å². The van der Waals surface area contributed by atoms with Crippen LogP contribution in [0.5, 0.6) is 0 Å². The van der Waals surface area contributed by atoms with Crippen molar-refractivity contribution in [2.24, 2.45) is 0 Å². The standard InChI is InChI=1S/C14H13NO/c1-2-15-13-8-11-6-4-3-5-10(11)7-12(13)9-14(15)16/h3-8H,2,9H2,1H3. The molecule has 0 N–H and O–H groups in total. The zero-order valence-corrected chi connectivity index (χ0v) is 9.23. The maximum Gasteiger partial charge on any atom is 0.231 e. The second-order valence-corrected chi connectivity index (χ2v) is 4.14. The molecule has 0 fully saturated rings.